The van der Waals surface area contributed by atoms with Gasteiger partial charge < -0.3 is 4.74 Å². The second-order valence-corrected chi connectivity index (χ2v) is 5.24. The lowest BCUT2D eigenvalue weighted by atomic mass is 10.1. The van der Waals surface area contributed by atoms with Crippen LogP contribution in [-0.2, 0) is 9.53 Å². The van der Waals surface area contributed by atoms with Crippen LogP contribution in [0.1, 0.15) is 66.7 Å². The van der Waals surface area contributed by atoms with Gasteiger partial charge in [-0.25, -0.2) is 4.79 Å². The van der Waals surface area contributed by atoms with Crippen LogP contribution in [0.25, 0.3) is 0 Å². The number of hydrogen-bond donors (Lipinski definition) is 0. The fourth-order valence-electron chi connectivity index (χ4n) is 1.33. The summed E-state index contributed by atoms with van der Waals surface area (Å²) < 4.78 is 5.27. The summed E-state index contributed by atoms with van der Waals surface area (Å²) in [6.07, 6.45) is 7.89. The predicted molar refractivity (Wildman–Crippen MR) is 68.4 cm³/mol. The zero-order valence-corrected chi connectivity index (χ0v) is 11.4. The minimum Gasteiger partial charge on any atom is -0.457 e. The summed E-state index contributed by atoms with van der Waals surface area (Å²) in [7, 11) is 0. The molecule has 94 valence electrons. The molecule has 0 radical (unpaired) electrons. The Balaban J connectivity index is 3.89. The summed E-state index contributed by atoms with van der Waals surface area (Å²) in [5.41, 5.74) is 0.334. The van der Waals surface area contributed by atoms with E-state index in [1.54, 1.807) is 0 Å². The van der Waals surface area contributed by atoms with Crippen LogP contribution in [0, 0.1) is 0 Å². The molecule has 0 saturated carbocycles. The average Bonchev–Trinajstić information content (AvgIpc) is 2.14. The molecule has 0 aromatic carbocycles. The quantitative estimate of drug-likeness (QED) is 0.384. The summed E-state index contributed by atoms with van der Waals surface area (Å²) in [6, 6.07) is 0. The van der Waals surface area contributed by atoms with Crippen molar-refractivity contribution in [3.8, 4) is 0 Å². The molecular weight excluding hydrogens is 200 g/mol. The number of carbonyl (C=O) groups is 1. The summed E-state index contributed by atoms with van der Waals surface area (Å²) in [4.78, 5) is 11.6. The molecule has 2 heteroatoms. The maximum Gasteiger partial charge on any atom is 0.333 e. The Hall–Kier alpha value is -0.790. The van der Waals surface area contributed by atoms with Gasteiger partial charge in [-0.2, -0.15) is 0 Å². The Morgan fingerprint density at radius 1 is 1.19 bits per heavy atom. The Bertz CT molecular complexity index is 234. The van der Waals surface area contributed by atoms with Gasteiger partial charge >= 0.3 is 5.97 Å². The minimum atomic E-state index is -0.394. The molecule has 2 nitrogen and oxygen atoms in total. The van der Waals surface area contributed by atoms with E-state index in [0.717, 1.165) is 18.4 Å². The number of hydrogen-bond acceptors (Lipinski definition) is 2. The van der Waals surface area contributed by atoms with Crippen LogP contribution in [0.4, 0.5) is 0 Å². The van der Waals surface area contributed by atoms with Crippen molar-refractivity contribution in [2.75, 3.05) is 0 Å². The van der Waals surface area contributed by atoms with Gasteiger partial charge in [0.05, 0.1) is 0 Å². The Morgan fingerprint density at radius 3 is 2.31 bits per heavy atom. The van der Waals surface area contributed by atoms with E-state index in [-0.39, 0.29) is 5.97 Å². The molecule has 0 aliphatic carbocycles. The number of ether oxygens (including phenoxy) is 1. The van der Waals surface area contributed by atoms with E-state index in [0.29, 0.717) is 0 Å². The molecule has 0 fully saturated rings. The molecule has 0 aromatic heterocycles. The predicted octanol–water partition coefficient (Wildman–Crippen LogP) is 4.24. The summed E-state index contributed by atoms with van der Waals surface area (Å²) in [5.74, 6) is -0.192. The average molecular weight is 226 g/mol. The van der Waals surface area contributed by atoms with E-state index in [9.17, 15) is 4.79 Å². The molecule has 0 spiro atoms. The molecule has 0 aliphatic heterocycles. The van der Waals surface area contributed by atoms with E-state index in [1.807, 2.05) is 33.8 Å². The van der Waals surface area contributed by atoms with Gasteiger partial charge in [-0.3, -0.25) is 0 Å². The van der Waals surface area contributed by atoms with Crippen molar-refractivity contribution in [2.24, 2.45) is 0 Å². The number of carbonyl (C=O) groups excluding carboxylic acids is 1. The number of rotatable bonds is 6. The van der Waals surface area contributed by atoms with Gasteiger partial charge in [-0.05, 0) is 40.5 Å². The maximum absolute atomic E-state index is 11.6. The largest absolute Gasteiger partial charge is 0.457 e. The van der Waals surface area contributed by atoms with Gasteiger partial charge in [0.25, 0.3) is 0 Å². The van der Waals surface area contributed by atoms with Crippen molar-refractivity contribution in [1.29, 1.82) is 0 Å². The van der Waals surface area contributed by atoms with Gasteiger partial charge in [0.2, 0.25) is 0 Å². The third-order valence-corrected chi connectivity index (χ3v) is 2.23. The second-order valence-electron chi connectivity index (χ2n) is 5.24. The molecular formula is C14H26O2. The Morgan fingerprint density at radius 2 is 1.81 bits per heavy atom. The van der Waals surface area contributed by atoms with E-state index in [1.165, 1.54) is 19.3 Å². The molecule has 0 unspecified atom stereocenters. The SMILES string of the molecule is CCCCCC/C=C(\C)C(=O)OC(C)(C)C. The van der Waals surface area contributed by atoms with Gasteiger partial charge in [0.15, 0.2) is 0 Å². The highest BCUT2D eigenvalue weighted by molar-refractivity contribution is 5.87. The highest BCUT2D eigenvalue weighted by Crippen LogP contribution is 2.12. The molecule has 16 heavy (non-hydrogen) atoms. The molecule has 0 N–H and O–H groups in total. The topological polar surface area (TPSA) is 26.3 Å². The first-order chi connectivity index (χ1) is 7.37. The molecule has 0 saturated heterocycles. The minimum absolute atomic E-state index is 0.192. The van der Waals surface area contributed by atoms with Crippen molar-refractivity contribution in [2.45, 2.75) is 72.3 Å². The summed E-state index contributed by atoms with van der Waals surface area (Å²) >= 11 is 0. The van der Waals surface area contributed by atoms with Crippen LogP contribution in [-0.4, -0.2) is 11.6 Å². The first-order valence-electron chi connectivity index (χ1n) is 6.27. The van der Waals surface area contributed by atoms with Crippen molar-refractivity contribution >= 4 is 5.97 Å². The fourth-order valence-corrected chi connectivity index (χ4v) is 1.33. The lowest BCUT2D eigenvalue weighted by molar-refractivity contribution is -0.149. The van der Waals surface area contributed by atoms with Gasteiger partial charge in [-0.15, -0.1) is 0 Å². The van der Waals surface area contributed by atoms with Crippen molar-refractivity contribution in [3.63, 3.8) is 0 Å². The third-order valence-electron chi connectivity index (χ3n) is 2.23. The molecule has 0 bridgehead atoms. The zero-order chi connectivity index (χ0) is 12.6. The number of allylic oxidation sites excluding steroid dienone is 1. The van der Waals surface area contributed by atoms with Crippen LogP contribution < -0.4 is 0 Å². The number of unbranched alkanes of at least 4 members (excludes halogenated alkanes) is 4. The lowest BCUT2D eigenvalue weighted by Gasteiger charge is -2.19. The molecule has 0 aliphatic rings. The zero-order valence-electron chi connectivity index (χ0n) is 11.4. The summed E-state index contributed by atoms with van der Waals surface area (Å²) in [6.45, 7) is 9.69. The first-order valence-corrected chi connectivity index (χ1v) is 6.27. The highest BCUT2D eigenvalue weighted by atomic mass is 16.6. The maximum atomic E-state index is 11.6. The van der Waals surface area contributed by atoms with Crippen LogP contribution in [0.15, 0.2) is 11.6 Å². The fraction of sp³-hybridized carbons (Fsp3) is 0.786. The Kier molecular flexibility index (Phi) is 7.11. The normalized spacial score (nSPS) is 12.7. The van der Waals surface area contributed by atoms with E-state index >= 15 is 0 Å². The smallest absolute Gasteiger partial charge is 0.333 e. The van der Waals surface area contributed by atoms with E-state index in [2.05, 4.69) is 6.92 Å². The molecule has 0 heterocycles. The second kappa shape index (κ2) is 7.48. The van der Waals surface area contributed by atoms with Gasteiger partial charge in [0, 0.05) is 5.57 Å². The highest BCUT2D eigenvalue weighted by Gasteiger charge is 2.16. The van der Waals surface area contributed by atoms with Crippen LogP contribution >= 0.6 is 0 Å². The van der Waals surface area contributed by atoms with E-state index < -0.39 is 5.60 Å². The van der Waals surface area contributed by atoms with Crippen molar-refractivity contribution in [1.82, 2.24) is 0 Å². The van der Waals surface area contributed by atoms with Crippen LogP contribution in [0.3, 0.4) is 0 Å². The molecule has 0 atom stereocenters. The lowest BCUT2D eigenvalue weighted by Crippen LogP contribution is -2.24. The van der Waals surface area contributed by atoms with Gasteiger partial charge in [-0.1, -0.05) is 32.3 Å². The van der Waals surface area contributed by atoms with Crippen molar-refractivity contribution < 1.29 is 9.53 Å². The monoisotopic (exact) mass is 226 g/mol. The third kappa shape index (κ3) is 8.51. The Labute approximate surface area is 100 Å². The van der Waals surface area contributed by atoms with E-state index in [4.69, 9.17) is 4.74 Å². The van der Waals surface area contributed by atoms with Gasteiger partial charge in [0.1, 0.15) is 5.60 Å². The standard InChI is InChI=1S/C14H26O2/c1-6-7-8-9-10-11-12(2)13(15)16-14(3,4)5/h11H,6-10H2,1-5H3/b12-11+. The van der Waals surface area contributed by atoms with Crippen LogP contribution in [0.2, 0.25) is 0 Å². The van der Waals surface area contributed by atoms with Crippen LogP contribution in [0.5, 0.6) is 0 Å². The molecule has 0 aromatic rings. The first kappa shape index (κ1) is 15.2. The summed E-state index contributed by atoms with van der Waals surface area (Å²) in [5, 5.41) is 0. The number of esters is 1. The van der Waals surface area contributed by atoms with Crippen molar-refractivity contribution in [3.05, 3.63) is 11.6 Å². The molecule has 0 amide bonds. The molecule has 0 rings (SSSR count).